The molecule has 2 aromatic carbocycles. The quantitative estimate of drug-likeness (QED) is 0.799. The third-order valence-corrected chi connectivity index (χ3v) is 4.03. The Kier molecular flexibility index (Phi) is 3.96. The summed E-state index contributed by atoms with van der Waals surface area (Å²) in [6, 6.07) is 11.8. The van der Waals surface area contributed by atoms with E-state index in [2.05, 4.69) is 0 Å². The summed E-state index contributed by atoms with van der Waals surface area (Å²) >= 11 is 0. The van der Waals surface area contributed by atoms with Crippen LogP contribution in [0.4, 0.5) is 13.2 Å². The first kappa shape index (κ1) is 16.3. The molecule has 0 fully saturated rings. The van der Waals surface area contributed by atoms with Gasteiger partial charge in [0.25, 0.3) is 0 Å². The molecule has 4 nitrogen and oxygen atoms in total. The Morgan fingerprint density at radius 2 is 1.62 bits per heavy atom. The SMILES string of the molecule is Cn1c(=O)n(CC(O)c2ccccc2C(F)(F)F)c2ccccc21. The number of alkyl halides is 3. The van der Waals surface area contributed by atoms with E-state index in [0.29, 0.717) is 11.0 Å². The lowest BCUT2D eigenvalue weighted by Gasteiger charge is -2.17. The number of hydrogen-bond acceptors (Lipinski definition) is 2. The Hall–Kier alpha value is -2.54. The molecule has 0 aliphatic heterocycles. The summed E-state index contributed by atoms with van der Waals surface area (Å²) in [5.41, 5.74) is -0.317. The highest BCUT2D eigenvalue weighted by Crippen LogP contribution is 2.35. The largest absolute Gasteiger partial charge is 0.416 e. The van der Waals surface area contributed by atoms with E-state index in [4.69, 9.17) is 0 Å². The second kappa shape index (κ2) is 5.83. The first-order chi connectivity index (χ1) is 11.3. The number of para-hydroxylation sites is 2. The number of halogens is 3. The number of aryl methyl sites for hydroxylation is 1. The average molecular weight is 336 g/mol. The van der Waals surface area contributed by atoms with Gasteiger partial charge in [0.2, 0.25) is 0 Å². The molecule has 0 bridgehead atoms. The summed E-state index contributed by atoms with van der Waals surface area (Å²) in [7, 11) is 1.58. The first-order valence-electron chi connectivity index (χ1n) is 7.29. The number of fused-ring (bicyclic) bond motifs is 1. The molecule has 3 aromatic rings. The molecule has 0 radical (unpaired) electrons. The van der Waals surface area contributed by atoms with Crippen LogP contribution in [0, 0.1) is 0 Å². The number of aliphatic hydroxyl groups excluding tert-OH is 1. The van der Waals surface area contributed by atoms with Gasteiger partial charge in [-0.2, -0.15) is 13.2 Å². The minimum atomic E-state index is -4.57. The van der Waals surface area contributed by atoms with E-state index in [9.17, 15) is 23.1 Å². The van der Waals surface area contributed by atoms with Gasteiger partial charge in [0.05, 0.1) is 29.2 Å². The van der Waals surface area contributed by atoms with E-state index < -0.39 is 17.8 Å². The van der Waals surface area contributed by atoms with Gasteiger partial charge in [-0.15, -0.1) is 0 Å². The van der Waals surface area contributed by atoms with Crippen molar-refractivity contribution in [3.05, 3.63) is 70.1 Å². The topological polar surface area (TPSA) is 47.2 Å². The smallest absolute Gasteiger partial charge is 0.387 e. The zero-order chi connectivity index (χ0) is 17.5. The number of rotatable bonds is 3. The Bertz CT molecular complexity index is 941. The van der Waals surface area contributed by atoms with Crippen LogP contribution >= 0.6 is 0 Å². The van der Waals surface area contributed by atoms with Gasteiger partial charge in [-0.3, -0.25) is 9.13 Å². The van der Waals surface area contributed by atoms with E-state index in [-0.39, 0.29) is 17.8 Å². The van der Waals surface area contributed by atoms with Gasteiger partial charge in [0.15, 0.2) is 0 Å². The summed E-state index contributed by atoms with van der Waals surface area (Å²) in [4.78, 5) is 12.3. The second-order valence-corrected chi connectivity index (χ2v) is 5.54. The van der Waals surface area contributed by atoms with Crippen molar-refractivity contribution in [1.82, 2.24) is 9.13 Å². The summed E-state index contributed by atoms with van der Waals surface area (Å²) in [6.07, 6.45) is -6.02. The maximum absolute atomic E-state index is 13.1. The van der Waals surface area contributed by atoms with E-state index in [1.807, 2.05) is 0 Å². The Morgan fingerprint density at radius 1 is 1.04 bits per heavy atom. The van der Waals surface area contributed by atoms with Crippen molar-refractivity contribution in [3.63, 3.8) is 0 Å². The minimum Gasteiger partial charge on any atom is -0.387 e. The molecular formula is C17H15F3N2O2. The predicted octanol–water partition coefficient (Wildman–Crippen LogP) is 3.09. The zero-order valence-corrected chi connectivity index (χ0v) is 12.8. The van der Waals surface area contributed by atoms with Gasteiger partial charge in [0.1, 0.15) is 0 Å². The molecule has 0 spiro atoms. The third kappa shape index (κ3) is 2.71. The summed E-state index contributed by atoms with van der Waals surface area (Å²) in [5, 5.41) is 10.3. The van der Waals surface area contributed by atoms with E-state index in [0.717, 1.165) is 6.07 Å². The predicted molar refractivity (Wildman–Crippen MR) is 83.6 cm³/mol. The molecule has 3 rings (SSSR count). The van der Waals surface area contributed by atoms with Crippen LogP contribution in [0.1, 0.15) is 17.2 Å². The van der Waals surface area contributed by atoms with Gasteiger partial charge in [-0.1, -0.05) is 30.3 Å². The maximum Gasteiger partial charge on any atom is 0.416 e. The van der Waals surface area contributed by atoms with Crippen LogP contribution in [-0.2, 0) is 19.8 Å². The summed E-state index contributed by atoms with van der Waals surface area (Å²) in [6.45, 7) is -0.257. The van der Waals surface area contributed by atoms with Crippen molar-refractivity contribution < 1.29 is 18.3 Å². The lowest BCUT2D eigenvalue weighted by molar-refractivity contribution is -0.139. The highest BCUT2D eigenvalue weighted by molar-refractivity contribution is 5.75. The fourth-order valence-corrected chi connectivity index (χ4v) is 2.86. The van der Waals surface area contributed by atoms with Crippen molar-refractivity contribution in [2.75, 3.05) is 0 Å². The summed E-state index contributed by atoms with van der Waals surface area (Å²) < 4.78 is 42.0. The maximum atomic E-state index is 13.1. The van der Waals surface area contributed by atoms with Crippen LogP contribution in [-0.4, -0.2) is 14.2 Å². The number of benzene rings is 2. The second-order valence-electron chi connectivity index (χ2n) is 5.54. The fourth-order valence-electron chi connectivity index (χ4n) is 2.86. The zero-order valence-electron chi connectivity index (χ0n) is 12.8. The highest BCUT2D eigenvalue weighted by atomic mass is 19.4. The van der Waals surface area contributed by atoms with E-state index in [1.54, 1.807) is 31.3 Å². The molecule has 0 saturated carbocycles. The Morgan fingerprint density at radius 3 is 2.29 bits per heavy atom. The van der Waals surface area contributed by atoms with Crippen molar-refractivity contribution in [2.24, 2.45) is 7.05 Å². The Labute approximate surface area is 135 Å². The molecule has 0 aliphatic rings. The van der Waals surface area contributed by atoms with Gasteiger partial charge < -0.3 is 5.11 Å². The van der Waals surface area contributed by atoms with Gasteiger partial charge in [0, 0.05) is 7.05 Å². The number of imidazole rings is 1. The molecule has 7 heteroatoms. The van der Waals surface area contributed by atoms with Crippen molar-refractivity contribution >= 4 is 11.0 Å². The van der Waals surface area contributed by atoms with Gasteiger partial charge in [-0.25, -0.2) is 4.79 Å². The van der Waals surface area contributed by atoms with Gasteiger partial charge >= 0.3 is 11.9 Å². The van der Waals surface area contributed by atoms with Crippen molar-refractivity contribution in [3.8, 4) is 0 Å². The number of aromatic nitrogens is 2. The minimum absolute atomic E-state index is 0.246. The fraction of sp³-hybridized carbons (Fsp3) is 0.235. The molecule has 0 saturated heterocycles. The molecule has 126 valence electrons. The van der Waals surface area contributed by atoms with Crippen LogP contribution in [0.5, 0.6) is 0 Å². The number of aliphatic hydroxyl groups is 1. The van der Waals surface area contributed by atoms with E-state index >= 15 is 0 Å². The van der Waals surface area contributed by atoms with Gasteiger partial charge in [-0.05, 0) is 23.8 Å². The molecule has 1 unspecified atom stereocenters. The lowest BCUT2D eigenvalue weighted by atomic mass is 10.0. The van der Waals surface area contributed by atoms with Crippen molar-refractivity contribution in [2.45, 2.75) is 18.8 Å². The molecule has 24 heavy (non-hydrogen) atoms. The standard InChI is InChI=1S/C17H15F3N2O2/c1-21-13-8-4-5-9-14(13)22(16(21)24)10-15(23)11-6-2-3-7-12(11)17(18,19)20/h2-9,15,23H,10H2,1H3. The molecular weight excluding hydrogens is 321 g/mol. The van der Waals surface area contributed by atoms with E-state index in [1.165, 1.54) is 27.3 Å². The first-order valence-corrected chi connectivity index (χ1v) is 7.29. The molecule has 1 heterocycles. The van der Waals surface area contributed by atoms with Crippen LogP contribution < -0.4 is 5.69 Å². The normalized spacial score (nSPS) is 13.4. The monoisotopic (exact) mass is 336 g/mol. The van der Waals surface area contributed by atoms with Crippen LogP contribution in [0.25, 0.3) is 11.0 Å². The average Bonchev–Trinajstić information content (AvgIpc) is 2.79. The molecule has 1 atom stereocenters. The Balaban J connectivity index is 2.05. The highest BCUT2D eigenvalue weighted by Gasteiger charge is 2.34. The van der Waals surface area contributed by atoms with Crippen LogP contribution in [0.15, 0.2) is 53.3 Å². The molecule has 1 aromatic heterocycles. The summed E-state index contributed by atoms with van der Waals surface area (Å²) in [5.74, 6) is 0. The van der Waals surface area contributed by atoms with Crippen LogP contribution in [0.2, 0.25) is 0 Å². The van der Waals surface area contributed by atoms with Crippen LogP contribution in [0.3, 0.4) is 0 Å². The molecule has 0 amide bonds. The number of nitrogens with zero attached hydrogens (tertiary/aromatic N) is 2. The third-order valence-electron chi connectivity index (χ3n) is 4.03. The molecule has 1 N–H and O–H groups in total. The molecule has 0 aliphatic carbocycles. The van der Waals surface area contributed by atoms with Crippen molar-refractivity contribution in [1.29, 1.82) is 0 Å². The lowest BCUT2D eigenvalue weighted by Crippen LogP contribution is -2.25. The number of hydrogen-bond donors (Lipinski definition) is 1.